The predicted octanol–water partition coefficient (Wildman–Crippen LogP) is 2.71. The van der Waals surface area contributed by atoms with Crippen molar-refractivity contribution in [3.8, 4) is 11.5 Å². The Morgan fingerprint density at radius 1 is 1.27 bits per heavy atom. The molecule has 0 spiro atoms. The first-order valence-electron chi connectivity index (χ1n) is 8.51. The van der Waals surface area contributed by atoms with Crippen LogP contribution >= 0.6 is 0 Å². The highest BCUT2D eigenvalue weighted by molar-refractivity contribution is 7.89. The van der Waals surface area contributed by atoms with Crippen LogP contribution in [-0.4, -0.2) is 28.7 Å². The van der Waals surface area contributed by atoms with Crippen LogP contribution in [0.4, 0.5) is 0 Å². The maximum Gasteiger partial charge on any atom is 0.240 e. The van der Waals surface area contributed by atoms with Gasteiger partial charge in [-0.25, -0.2) is 13.1 Å². The van der Waals surface area contributed by atoms with E-state index in [-0.39, 0.29) is 10.9 Å². The summed E-state index contributed by atoms with van der Waals surface area (Å²) in [5.74, 6) is 1.20. The Hall–Kier alpha value is -2.25. The second kappa shape index (κ2) is 7.55. The highest BCUT2D eigenvalue weighted by Gasteiger charge is 2.27. The second-order valence-electron chi connectivity index (χ2n) is 6.45. The lowest BCUT2D eigenvalue weighted by Crippen LogP contribution is -2.33. The Morgan fingerprint density at radius 2 is 2.04 bits per heavy atom. The Labute approximate surface area is 154 Å². The lowest BCUT2D eigenvalue weighted by molar-refractivity contribution is 0.354. The zero-order valence-corrected chi connectivity index (χ0v) is 16.0. The summed E-state index contributed by atoms with van der Waals surface area (Å²) in [6.45, 7) is 1.87. The number of allylic oxidation sites excluding steroid dienone is 4. The zero-order chi connectivity index (χ0) is 18.7. The second-order valence-corrected chi connectivity index (χ2v) is 8.16. The first-order valence-corrected chi connectivity index (χ1v) is 9.99. The summed E-state index contributed by atoms with van der Waals surface area (Å²) >= 11 is 0. The van der Waals surface area contributed by atoms with Gasteiger partial charge in [0.25, 0.3) is 0 Å². The molecule has 140 valence electrons. The molecule has 1 aliphatic heterocycles. The minimum atomic E-state index is -3.65. The molecule has 0 amide bonds. The maximum absolute atomic E-state index is 12.7. The van der Waals surface area contributed by atoms with Crippen LogP contribution in [0.5, 0.6) is 11.5 Å². The van der Waals surface area contributed by atoms with Crippen LogP contribution in [0, 0.1) is 5.92 Å². The Kier molecular flexibility index (Phi) is 5.38. The van der Waals surface area contributed by atoms with Gasteiger partial charge in [0.2, 0.25) is 10.0 Å². The Bertz CT molecular complexity index is 872. The molecule has 1 aliphatic carbocycles. The quantitative estimate of drug-likeness (QED) is 0.765. The molecule has 2 unspecified atom stereocenters. The number of nitrogens with one attached hydrogen (secondary N) is 2. The molecular weight excluding hydrogens is 352 g/mol. The summed E-state index contributed by atoms with van der Waals surface area (Å²) < 4.78 is 38.5. The summed E-state index contributed by atoms with van der Waals surface area (Å²) in [6, 6.07) is 4.34. The number of methoxy groups -OCH3 is 2. The van der Waals surface area contributed by atoms with Crippen LogP contribution in [0.3, 0.4) is 0 Å². The van der Waals surface area contributed by atoms with Gasteiger partial charge in [0, 0.05) is 29.9 Å². The summed E-state index contributed by atoms with van der Waals surface area (Å²) in [6.07, 6.45) is 9.82. The van der Waals surface area contributed by atoms with E-state index in [0.717, 1.165) is 6.42 Å². The minimum Gasteiger partial charge on any atom is -0.493 e. The van der Waals surface area contributed by atoms with E-state index in [1.165, 1.54) is 37.6 Å². The van der Waals surface area contributed by atoms with Crippen molar-refractivity contribution in [2.45, 2.75) is 30.7 Å². The van der Waals surface area contributed by atoms with Crippen molar-refractivity contribution in [3.63, 3.8) is 0 Å². The van der Waals surface area contributed by atoms with Crippen molar-refractivity contribution in [2.24, 2.45) is 5.92 Å². The molecule has 2 N–H and O–H groups in total. The molecule has 0 saturated carbocycles. The molecule has 2 aliphatic rings. The van der Waals surface area contributed by atoms with Gasteiger partial charge in [0.05, 0.1) is 19.1 Å². The SMILES string of the molecule is COc1ccc(S(=O)(=O)NC(C)CC2=CNC3=CC=CCC23)cc1OC. The first kappa shape index (κ1) is 18.5. The number of benzene rings is 1. The van der Waals surface area contributed by atoms with Gasteiger partial charge in [-0.05, 0) is 43.5 Å². The number of ether oxygens (including phenoxy) is 2. The fourth-order valence-electron chi connectivity index (χ4n) is 3.32. The molecule has 2 atom stereocenters. The van der Waals surface area contributed by atoms with E-state index in [9.17, 15) is 8.42 Å². The first-order chi connectivity index (χ1) is 12.4. The van der Waals surface area contributed by atoms with Gasteiger partial charge in [-0.3, -0.25) is 0 Å². The van der Waals surface area contributed by atoms with Gasteiger partial charge < -0.3 is 14.8 Å². The molecular formula is C19H24N2O4S. The van der Waals surface area contributed by atoms with E-state index in [0.29, 0.717) is 23.8 Å². The van der Waals surface area contributed by atoms with Crippen LogP contribution in [0.25, 0.3) is 0 Å². The third-order valence-electron chi connectivity index (χ3n) is 4.59. The molecule has 26 heavy (non-hydrogen) atoms. The molecule has 0 saturated heterocycles. The van der Waals surface area contributed by atoms with Crippen molar-refractivity contribution >= 4 is 10.0 Å². The van der Waals surface area contributed by atoms with Crippen LogP contribution in [0.1, 0.15) is 19.8 Å². The van der Waals surface area contributed by atoms with Crippen molar-refractivity contribution in [1.82, 2.24) is 10.0 Å². The largest absolute Gasteiger partial charge is 0.493 e. The Morgan fingerprint density at radius 3 is 2.77 bits per heavy atom. The average Bonchev–Trinajstić information content (AvgIpc) is 3.03. The number of sulfonamides is 1. The van der Waals surface area contributed by atoms with Gasteiger partial charge >= 0.3 is 0 Å². The highest BCUT2D eigenvalue weighted by atomic mass is 32.2. The van der Waals surface area contributed by atoms with Crippen molar-refractivity contribution < 1.29 is 17.9 Å². The van der Waals surface area contributed by atoms with Gasteiger partial charge in [-0.1, -0.05) is 12.2 Å². The molecule has 6 nitrogen and oxygen atoms in total. The molecule has 1 heterocycles. The zero-order valence-electron chi connectivity index (χ0n) is 15.2. The van der Waals surface area contributed by atoms with Crippen LogP contribution in [-0.2, 0) is 10.0 Å². The van der Waals surface area contributed by atoms with Crippen LogP contribution in [0.15, 0.2) is 58.8 Å². The third kappa shape index (κ3) is 3.78. The molecule has 7 heteroatoms. The third-order valence-corrected chi connectivity index (χ3v) is 6.18. The fraction of sp³-hybridized carbons (Fsp3) is 0.368. The smallest absolute Gasteiger partial charge is 0.240 e. The van der Waals surface area contributed by atoms with Gasteiger partial charge in [-0.2, -0.15) is 0 Å². The van der Waals surface area contributed by atoms with E-state index in [1.54, 1.807) is 6.07 Å². The monoisotopic (exact) mass is 376 g/mol. The molecule has 3 rings (SSSR count). The predicted molar refractivity (Wildman–Crippen MR) is 100 cm³/mol. The number of fused-ring (bicyclic) bond motifs is 1. The molecule has 0 bridgehead atoms. The van der Waals surface area contributed by atoms with Crippen LogP contribution in [0.2, 0.25) is 0 Å². The molecule has 0 aromatic heterocycles. The van der Waals surface area contributed by atoms with Crippen molar-refractivity contribution in [1.29, 1.82) is 0 Å². The summed E-state index contributed by atoms with van der Waals surface area (Å²) in [5.41, 5.74) is 2.39. The minimum absolute atomic E-state index is 0.154. The molecule has 1 aromatic rings. The summed E-state index contributed by atoms with van der Waals surface area (Å²) in [4.78, 5) is 0.154. The van der Waals surface area contributed by atoms with E-state index in [4.69, 9.17) is 9.47 Å². The van der Waals surface area contributed by atoms with Gasteiger partial charge in [-0.15, -0.1) is 0 Å². The topological polar surface area (TPSA) is 76.7 Å². The van der Waals surface area contributed by atoms with E-state index in [2.05, 4.69) is 22.2 Å². The standard InChI is InChI=1S/C19H24N2O4S/c1-13(10-14-12-20-17-7-5-4-6-16(14)17)21-26(22,23)15-8-9-18(24-2)19(11-15)25-3/h4-5,7-9,11-13,16,20-21H,6,10H2,1-3H3. The summed E-state index contributed by atoms with van der Waals surface area (Å²) in [7, 11) is -0.657. The fourth-order valence-corrected chi connectivity index (χ4v) is 4.58. The van der Waals surface area contributed by atoms with Crippen LogP contribution < -0.4 is 19.5 Å². The number of hydrogen-bond donors (Lipinski definition) is 2. The maximum atomic E-state index is 12.7. The van der Waals surface area contributed by atoms with E-state index in [1.807, 2.05) is 19.2 Å². The van der Waals surface area contributed by atoms with Gasteiger partial charge in [0.15, 0.2) is 11.5 Å². The number of hydrogen-bond acceptors (Lipinski definition) is 5. The number of rotatable bonds is 7. The summed E-state index contributed by atoms with van der Waals surface area (Å²) in [5, 5.41) is 3.28. The molecule has 0 fully saturated rings. The highest BCUT2D eigenvalue weighted by Crippen LogP contribution is 2.33. The van der Waals surface area contributed by atoms with E-state index >= 15 is 0 Å². The van der Waals surface area contributed by atoms with Gasteiger partial charge in [0.1, 0.15) is 0 Å². The average molecular weight is 376 g/mol. The molecule has 1 aromatic carbocycles. The molecule has 0 radical (unpaired) electrons. The van der Waals surface area contributed by atoms with Crippen molar-refractivity contribution in [2.75, 3.05) is 14.2 Å². The van der Waals surface area contributed by atoms with E-state index < -0.39 is 10.0 Å². The lowest BCUT2D eigenvalue weighted by Gasteiger charge is -2.20. The lowest BCUT2D eigenvalue weighted by atomic mass is 9.89. The van der Waals surface area contributed by atoms with Crippen molar-refractivity contribution in [3.05, 3.63) is 53.9 Å². The normalized spacial score (nSPS) is 19.9. The Balaban J connectivity index is 1.69.